The van der Waals surface area contributed by atoms with Crippen LogP contribution < -0.4 is 0 Å². The fourth-order valence-corrected chi connectivity index (χ4v) is 2.97. The number of hydrogen-bond donors (Lipinski definition) is 1. The van der Waals surface area contributed by atoms with Gasteiger partial charge in [0.05, 0.1) is 10.8 Å². The number of hydrogen-bond acceptors (Lipinski definition) is 2. The first-order valence-electron chi connectivity index (χ1n) is 6.65. The van der Waals surface area contributed by atoms with E-state index in [9.17, 15) is 13.2 Å². The zero-order valence-electron chi connectivity index (χ0n) is 11.4. The highest BCUT2D eigenvalue weighted by Gasteiger charge is 2.35. The molecule has 3 rings (SSSR count). The Morgan fingerprint density at radius 1 is 0.909 bits per heavy atom. The van der Waals surface area contributed by atoms with Gasteiger partial charge in [0, 0.05) is 12.4 Å². The third kappa shape index (κ3) is 2.68. The first-order valence-corrected chi connectivity index (χ1v) is 7.17. The van der Waals surface area contributed by atoms with Crippen LogP contribution in [0.2, 0.25) is 0 Å². The Balaban J connectivity index is 2.17. The van der Waals surface area contributed by atoms with E-state index >= 15 is 0 Å². The summed E-state index contributed by atoms with van der Waals surface area (Å²) in [6.07, 6.45) is -2.04. The molecular formula is C17H12F3NS. The van der Waals surface area contributed by atoms with Crippen molar-refractivity contribution in [3.05, 3.63) is 77.6 Å². The van der Waals surface area contributed by atoms with E-state index in [-0.39, 0.29) is 5.56 Å². The normalized spacial score (nSPS) is 13.3. The van der Waals surface area contributed by atoms with Crippen LogP contribution in [0.25, 0.3) is 10.8 Å². The number of benzene rings is 2. The summed E-state index contributed by atoms with van der Waals surface area (Å²) in [6, 6.07) is 14.1. The molecule has 1 aromatic heterocycles. The van der Waals surface area contributed by atoms with Crippen LogP contribution in [0.4, 0.5) is 13.2 Å². The molecule has 1 heterocycles. The third-order valence-corrected chi connectivity index (χ3v) is 4.13. The van der Waals surface area contributed by atoms with E-state index in [1.54, 1.807) is 6.07 Å². The van der Waals surface area contributed by atoms with Gasteiger partial charge in [-0.1, -0.05) is 42.5 Å². The second-order valence-electron chi connectivity index (χ2n) is 4.93. The molecule has 0 bridgehead atoms. The molecule has 3 aromatic rings. The lowest BCUT2D eigenvalue weighted by atomic mass is 9.96. The van der Waals surface area contributed by atoms with E-state index in [1.807, 2.05) is 36.4 Å². The number of alkyl halides is 3. The second-order valence-corrected chi connectivity index (χ2v) is 5.45. The molecule has 0 spiro atoms. The summed E-state index contributed by atoms with van der Waals surface area (Å²) < 4.78 is 39.5. The van der Waals surface area contributed by atoms with Gasteiger partial charge in [-0.2, -0.15) is 25.8 Å². The molecule has 0 aliphatic rings. The van der Waals surface area contributed by atoms with Crippen molar-refractivity contribution < 1.29 is 13.2 Å². The first kappa shape index (κ1) is 14.9. The van der Waals surface area contributed by atoms with E-state index in [2.05, 4.69) is 17.6 Å². The second kappa shape index (κ2) is 5.65. The Kier molecular flexibility index (Phi) is 3.83. The monoisotopic (exact) mass is 319 g/mol. The van der Waals surface area contributed by atoms with Gasteiger partial charge in [-0.25, -0.2) is 0 Å². The minimum atomic E-state index is -4.43. The third-order valence-electron chi connectivity index (χ3n) is 3.57. The Labute approximate surface area is 131 Å². The van der Waals surface area contributed by atoms with Gasteiger partial charge in [0.1, 0.15) is 0 Å². The van der Waals surface area contributed by atoms with Crippen LogP contribution in [0.1, 0.15) is 21.9 Å². The molecule has 0 saturated carbocycles. The summed E-state index contributed by atoms with van der Waals surface area (Å²) in [4.78, 5) is 3.84. The standard InChI is InChI=1S/C17H12F3NS/c18-17(19,20)15-8-9-21-10-14(15)16(22)13-7-3-5-11-4-1-2-6-12(11)13/h1-10,16,22H. The van der Waals surface area contributed by atoms with Crippen molar-refractivity contribution in [1.29, 1.82) is 0 Å². The molecule has 0 saturated heterocycles. The minimum absolute atomic E-state index is 0.0645. The van der Waals surface area contributed by atoms with Gasteiger partial charge in [0.2, 0.25) is 0 Å². The largest absolute Gasteiger partial charge is 0.416 e. The van der Waals surface area contributed by atoms with Crippen LogP contribution >= 0.6 is 12.6 Å². The highest BCUT2D eigenvalue weighted by Crippen LogP contribution is 2.40. The van der Waals surface area contributed by atoms with Crippen LogP contribution in [0, 0.1) is 0 Å². The maximum atomic E-state index is 13.2. The summed E-state index contributed by atoms with van der Waals surface area (Å²) in [5.41, 5.74) is 0.102. The Morgan fingerprint density at radius 3 is 2.41 bits per heavy atom. The van der Waals surface area contributed by atoms with E-state index in [0.717, 1.165) is 28.6 Å². The van der Waals surface area contributed by atoms with E-state index in [4.69, 9.17) is 0 Å². The first-order chi connectivity index (χ1) is 10.5. The van der Waals surface area contributed by atoms with E-state index < -0.39 is 17.0 Å². The topological polar surface area (TPSA) is 12.9 Å². The molecule has 0 aliphatic heterocycles. The van der Waals surface area contributed by atoms with E-state index in [0.29, 0.717) is 0 Å². The average molecular weight is 319 g/mol. The molecule has 0 N–H and O–H groups in total. The molecule has 1 nitrogen and oxygen atoms in total. The molecule has 0 aliphatic carbocycles. The van der Waals surface area contributed by atoms with Gasteiger partial charge >= 0.3 is 6.18 Å². The molecule has 1 unspecified atom stereocenters. The molecule has 0 radical (unpaired) electrons. The van der Waals surface area contributed by atoms with Gasteiger partial charge in [0.15, 0.2) is 0 Å². The maximum Gasteiger partial charge on any atom is 0.416 e. The van der Waals surface area contributed by atoms with Crippen molar-refractivity contribution in [2.24, 2.45) is 0 Å². The highest BCUT2D eigenvalue weighted by molar-refractivity contribution is 7.80. The van der Waals surface area contributed by atoms with E-state index in [1.165, 1.54) is 6.20 Å². The lowest BCUT2D eigenvalue weighted by Gasteiger charge is -2.19. The fourth-order valence-electron chi connectivity index (χ4n) is 2.54. The Bertz CT molecular complexity index is 809. The molecule has 112 valence electrons. The van der Waals surface area contributed by atoms with Crippen LogP contribution in [-0.2, 0) is 6.18 Å². The number of fused-ring (bicyclic) bond motifs is 1. The predicted octanol–water partition coefficient (Wildman–Crippen LogP) is 5.27. The van der Waals surface area contributed by atoms with Gasteiger partial charge in [-0.3, -0.25) is 4.98 Å². The summed E-state index contributed by atoms with van der Waals surface area (Å²) in [5.74, 6) is 0. The molecule has 2 aromatic carbocycles. The van der Waals surface area contributed by atoms with Crippen molar-refractivity contribution >= 4 is 23.4 Å². The van der Waals surface area contributed by atoms with Crippen molar-refractivity contribution in [2.75, 3.05) is 0 Å². The van der Waals surface area contributed by atoms with Gasteiger partial charge in [-0.15, -0.1) is 0 Å². The highest BCUT2D eigenvalue weighted by atomic mass is 32.1. The number of pyridine rings is 1. The van der Waals surface area contributed by atoms with Crippen molar-refractivity contribution in [2.45, 2.75) is 11.4 Å². The molecular weight excluding hydrogens is 307 g/mol. The molecule has 5 heteroatoms. The quantitative estimate of drug-likeness (QED) is 0.635. The lowest BCUT2D eigenvalue weighted by molar-refractivity contribution is -0.138. The maximum absolute atomic E-state index is 13.2. The Hall–Kier alpha value is -2.01. The number of thiol groups is 1. The number of rotatable bonds is 2. The zero-order valence-corrected chi connectivity index (χ0v) is 12.3. The molecule has 0 fully saturated rings. The number of nitrogens with zero attached hydrogens (tertiary/aromatic N) is 1. The minimum Gasteiger partial charge on any atom is -0.264 e. The average Bonchev–Trinajstić information content (AvgIpc) is 2.53. The fraction of sp³-hybridized carbons (Fsp3) is 0.118. The summed E-state index contributed by atoms with van der Waals surface area (Å²) in [7, 11) is 0. The smallest absolute Gasteiger partial charge is 0.264 e. The number of halogens is 3. The molecule has 1 atom stereocenters. The SMILES string of the molecule is FC(F)(F)c1ccncc1C(S)c1cccc2ccccc12. The molecule has 22 heavy (non-hydrogen) atoms. The number of aromatic nitrogens is 1. The summed E-state index contributed by atoms with van der Waals surface area (Å²) in [5, 5.41) is 1.16. The van der Waals surface area contributed by atoms with Crippen LogP contribution in [-0.4, -0.2) is 4.98 Å². The van der Waals surface area contributed by atoms with Crippen LogP contribution in [0.15, 0.2) is 60.9 Å². The summed E-state index contributed by atoms with van der Waals surface area (Å²) >= 11 is 4.45. The van der Waals surface area contributed by atoms with Crippen molar-refractivity contribution in [3.8, 4) is 0 Å². The van der Waals surface area contributed by atoms with Gasteiger partial charge in [0.25, 0.3) is 0 Å². The summed E-state index contributed by atoms with van der Waals surface area (Å²) in [6.45, 7) is 0. The van der Waals surface area contributed by atoms with Crippen LogP contribution in [0.5, 0.6) is 0 Å². The van der Waals surface area contributed by atoms with Crippen LogP contribution in [0.3, 0.4) is 0 Å². The lowest BCUT2D eigenvalue weighted by Crippen LogP contribution is -2.11. The van der Waals surface area contributed by atoms with Gasteiger partial charge < -0.3 is 0 Å². The van der Waals surface area contributed by atoms with Gasteiger partial charge in [-0.05, 0) is 28.0 Å². The predicted molar refractivity (Wildman–Crippen MR) is 84.0 cm³/mol. The van der Waals surface area contributed by atoms with Crippen molar-refractivity contribution in [1.82, 2.24) is 4.98 Å². The Morgan fingerprint density at radius 2 is 1.64 bits per heavy atom. The zero-order chi connectivity index (χ0) is 15.7. The molecule has 0 amide bonds. The van der Waals surface area contributed by atoms with Crippen molar-refractivity contribution in [3.63, 3.8) is 0 Å².